The number of hydrogen-bond acceptors (Lipinski definition) is 3. The van der Waals surface area contributed by atoms with Gasteiger partial charge in [-0.15, -0.1) is 0 Å². The van der Waals surface area contributed by atoms with Crippen LogP contribution >= 0.6 is 0 Å². The van der Waals surface area contributed by atoms with E-state index < -0.39 is 0 Å². The van der Waals surface area contributed by atoms with Crippen molar-refractivity contribution in [1.82, 2.24) is 9.97 Å². The molecule has 2 heterocycles. The number of anilines is 1. The van der Waals surface area contributed by atoms with Crippen LogP contribution in [0.5, 0.6) is 0 Å². The lowest BCUT2D eigenvalue weighted by molar-refractivity contribution is 0.621. The summed E-state index contributed by atoms with van der Waals surface area (Å²) in [6.45, 7) is 3.85. The second kappa shape index (κ2) is 7.01. The highest BCUT2D eigenvalue weighted by Crippen LogP contribution is 2.09. The summed E-state index contributed by atoms with van der Waals surface area (Å²) in [5.74, 6) is 6.11. The molecule has 0 spiro atoms. The molecule has 4 heteroatoms. The fourth-order valence-corrected chi connectivity index (χ4v) is 1.48. The first-order valence-corrected chi connectivity index (χ1v) is 6.30. The van der Waals surface area contributed by atoms with Crippen molar-refractivity contribution in [3.8, 4) is 11.8 Å². The fourth-order valence-electron chi connectivity index (χ4n) is 1.48. The van der Waals surface area contributed by atoms with Crippen molar-refractivity contribution in [3.63, 3.8) is 0 Å². The fraction of sp³-hybridized carbons (Fsp3) is 0.0588. The minimum Gasteiger partial charge on any atom is -0.336 e. The van der Waals surface area contributed by atoms with E-state index in [4.69, 9.17) is 0 Å². The maximum Gasteiger partial charge on any atom is 0.141 e. The normalized spacial score (nSPS) is 10.0. The molecule has 0 aliphatic carbocycles. The molecule has 0 saturated heterocycles. The molecule has 0 N–H and O–H groups in total. The summed E-state index contributed by atoms with van der Waals surface area (Å²) >= 11 is 0. The Labute approximate surface area is 123 Å². The molecule has 0 amide bonds. The monoisotopic (exact) mass is 279 g/mol. The zero-order valence-electron chi connectivity index (χ0n) is 11.6. The zero-order valence-corrected chi connectivity index (χ0v) is 11.6. The van der Waals surface area contributed by atoms with E-state index in [-0.39, 0.29) is 5.82 Å². The van der Waals surface area contributed by atoms with Gasteiger partial charge in [0.1, 0.15) is 17.3 Å². The number of nitrogens with zero attached hydrogens (tertiary/aromatic N) is 3. The first-order valence-electron chi connectivity index (χ1n) is 6.30. The molecule has 0 aliphatic rings. The van der Waals surface area contributed by atoms with Crippen molar-refractivity contribution in [1.29, 1.82) is 0 Å². The van der Waals surface area contributed by atoms with Crippen LogP contribution in [0.25, 0.3) is 0 Å². The Morgan fingerprint density at radius 2 is 2.14 bits per heavy atom. The minimum absolute atomic E-state index is 0.359. The third-order valence-electron chi connectivity index (χ3n) is 2.59. The molecule has 0 aliphatic heterocycles. The van der Waals surface area contributed by atoms with Crippen LogP contribution in [0.15, 0.2) is 67.2 Å². The van der Waals surface area contributed by atoms with Crippen LogP contribution in [0.4, 0.5) is 10.2 Å². The molecule has 0 atom stereocenters. The van der Waals surface area contributed by atoms with Crippen molar-refractivity contribution >= 4 is 5.82 Å². The average molecular weight is 279 g/mol. The predicted molar refractivity (Wildman–Crippen MR) is 82.0 cm³/mol. The molecule has 0 unspecified atom stereocenters. The summed E-state index contributed by atoms with van der Waals surface area (Å²) in [5.41, 5.74) is 1.34. The van der Waals surface area contributed by atoms with Gasteiger partial charge in [-0.05, 0) is 36.3 Å². The smallest absolute Gasteiger partial charge is 0.141 e. The lowest BCUT2D eigenvalue weighted by Crippen LogP contribution is -2.09. The second-order valence-corrected chi connectivity index (χ2v) is 4.25. The summed E-state index contributed by atoms with van der Waals surface area (Å²) in [4.78, 5) is 9.84. The average Bonchev–Trinajstić information content (AvgIpc) is 2.52. The van der Waals surface area contributed by atoms with E-state index in [9.17, 15) is 4.39 Å². The number of hydrogen-bond donors (Lipinski definition) is 0. The van der Waals surface area contributed by atoms with Crippen LogP contribution in [0.2, 0.25) is 0 Å². The van der Waals surface area contributed by atoms with E-state index >= 15 is 0 Å². The lowest BCUT2D eigenvalue weighted by Gasteiger charge is -2.11. The summed E-state index contributed by atoms with van der Waals surface area (Å²) < 4.78 is 12.8. The molecule has 2 rings (SSSR count). The highest BCUT2D eigenvalue weighted by Gasteiger charge is 1.98. The van der Waals surface area contributed by atoms with Gasteiger partial charge in [0.15, 0.2) is 0 Å². The van der Waals surface area contributed by atoms with Gasteiger partial charge >= 0.3 is 0 Å². The Balaban J connectivity index is 1.99. The van der Waals surface area contributed by atoms with Gasteiger partial charge in [0, 0.05) is 25.0 Å². The quantitative estimate of drug-likeness (QED) is 0.638. The first kappa shape index (κ1) is 14.5. The molecule has 0 aromatic carbocycles. The summed E-state index contributed by atoms with van der Waals surface area (Å²) in [5, 5.41) is 0. The molecule has 0 radical (unpaired) electrons. The van der Waals surface area contributed by atoms with Gasteiger partial charge in [-0.1, -0.05) is 18.6 Å². The van der Waals surface area contributed by atoms with Crippen LogP contribution < -0.4 is 4.90 Å². The molecule has 0 fully saturated rings. The summed E-state index contributed by atoms with van der Waals surface area (Å²) in [6.07, 6.45) is 6.41. The van der Waals surface area contributed by atoms with E-state index in [0.717, 1.165) is 0 Å². The van der Waals surface area contributed by atoms with Crippen LogP contribution in [-0.2, 0) is 0 Å². The molecule has 2 aromatic heterocycles. The van der Waals surface area contributed by atoms with Crippen molar-refractivity contribution in [3.05, 3.63) is 78.7 Å². The van der Waals surface area contributed by atoms with E-state index in [1.807, 2.05) is 25.2 Å². The van der Waals surface area contributed by atoms with E-state index in [1.165, 1.54) is 12.3 Å². The minimum atomic E-state index is -0.359. The molecule has 104 valence electrons. The second-order valence-electron chi connectivity index (χ2n) is 4.25. The van der Waals surface area contributed by atoms with Crippen LogP contribution in [0.3, 0.4) is 0 Å². The highest BCUT2D eigenvalue weighted by atomic mass is 19.1. The topological polar surface area (TPSA) is 29.0 Å². The van der Waals surface area contributed by atoms with Crippen molar-refractivity contribution in [2.75, 3.05) is 11.9 Å². The summed E-state index contributed by atoms with van der Waals surface area (Å²) in [6, 6.07) is 8.51. The molecule has 0 bridgehead atoms. The summed E-state index contributed by atoms with van der Waals surface area (Å²) in [7, 11) is 1.82. The zero-order chi connectivity index (χ0) is 15.1. The Morgan fingerprint density at radius 3 is 2.81 bits per heavy atom. The van der Waals surface area contributed by atoms with Crippen molar-refractivity contribution in [2.45, 2.75) is 0 Å². The van der Waals surface area contributed by atoms with E-state index in [0.29, 0.717) is 17.1 Å². The lowest BCUT2D eigenvalue weighted by atomic mass is 10.2. The Hall–Kier alpha value is -2.93. The Bertz CT molecular complexity index is 694. The number of rotatable bonds is 3. The number of allylic oxidation sites excluding steroid dienone is 2. The number of halogens is 1. The standard InChI is InChI=1S/C17H14FN3/c1-14(6-8-16-5-3-4-11-19-16)10-12-21(2)17-9-7-15(18)13-20-17/h3-5,7,9-13H,1H2,2H3/b12-10-. The van der Waals surface area contributed by atoms with E-state index in [2.05, 4.69) is 28.4 Å². The van der Waals surface area contributed by atoms with Crippen LogP contribution in [-0.4, -0.2) is 17.0 Å². The Morgan fingerprint density at radius 1 is 1.29 bits per heavy atom. The first-order chi connectivity index (χ1) is 10.1. The van der Waals surface area contributed by atoms with Gasteiger partial charge in [-0.25, -0.2) is 14.4 Å². The highest BCUT2D eigenvalue weighted by molar-refractivity contribution is 5.45. The van der Waals surface area contributed by atoms with Gasteiger partial charge in [0.05, 0.1) is 6.20 Å². The maximum atomic E-state index is 12.8. The molecular weight excluding hydrogens is 265 g/mol. The molecule has 21 heavy (non-hydrogen) atoms. The molecule has 2 aromatic rings. The SMILES string of the molecule is C=C(C#Cc1ccccn1)/C=C\N(C)c1ccc(F)cn1. The van der Waals surface area contributed by atoms with Crippen molar-refractivity contribution in [2.24, 2.45) is 0 Å². The third-order valence-corrected chi connectivity index (χ3v) is 2.59. The maximum absolute atomic E-state index is 12.8. The number of pyridine rings is 2. The van der Waals surface area contributed by atoms with Gasteiger partial charge < -0.3 is 4.90 Å². The largest absolute Gasteiger partial charge is 0.336 e. The van der Waals surface area contributed by atoms with Crippen molar-refractivity contribution < 1.29 is 4.39 Å². The van der Waals surface area contributed by atoms with Gasteiger partial charge in [-0.2, -0.15) is 0 Å². The number of aromatic nitrogens is 2. The molecule has 3 nitrogen and oxygen atoms in total. The van der Waals surface area contributed by atoms with Gasteiger partial charge in [-0.3, -0.25) is 0 Å². The van der Waals surface area contributed by atoms with Crippen LogP contribution in [0.1, 0.15) is 5.69 Å². The third kappa shape index (κ3) is 4.59. The van der Waals surface area contributed by atoms with E-state index in [1.54, 1.807) is 29.4 Å². The van der Waals surface area contributed by atoms with Crippen LogP contribution in [0, 0.1) is 17.7 Å². The van der Waals surface area contributed by atoms with Gasteiger partial charge in [0.2, 0.25) is 0 Å². The van der Waals surface area contributed by atoms with Gasteiger partial charge in [0.25, 0.3) is 0 Å². The molecular formula is C17H14FN3. The Kier molecular flexibility index (Phi) is 4.84. The predicted octanol–water partition coefficient (Wildman–Crippen LogP) is 3.17. The molecule has 0 saturated carbocycles.